The molecule has 0 spiro atoms. The molecule has 0 atom stereocenters. The first-order valence-electron chi connectivity index (χ1n) is 6.64. The molecule has 0 aromatic rings. The fourth-order valence-electron chi connectivity index (χ4n) is 1.65. The molecule has 18 heavy (non-hydrogen) atoms. The van der Waals surface area contributed by atoms with Crippen LogP contribution in [-0.4, -0.2) is 19.0 Å². The maximum atomic E-state index is 12.5. The molecule has 0 fully saturated rings. The maximum absolute atomic E-state index is 12.5. The lowest BCUT2D eigenvalue weighted by atomic mass is 10.1. The number of rotatable bonds is 10. The van der Waals surface area contributed by atoms with Crippen molar-refractivity contribution in [2.75, 3.05) is 13.2 Å². The highest BCUT2D eigenvalue weighted by Gasteiger charge is 2.33. The van der Waals surface area contributed by atoms with E-state index in [0.29, 0.717) is 6.42 Å². The highest BCUT2D eigenvalue weighted by atomic mass is 31.2. The second kappa shape index (κ2) is 9.48. The van der Waals surface area contributed by atoms with Crippen molar-refractivity contribution in [1.82, 2.24) is 0 Å². The molecule has 0 radical (unpaired) electrons. The smallest absolute Gasteiger partial charge is 0.305 e. The van der Waals surface area contributed by atoms with E-state index in [9.17, 15) is 9.36 Å². The van der Waals surface area contributed by atoms with Crippen molar-refractivity contribution in [3.8, 4) is 0 Å². The van der Waals surface area contributed by atoms with Gasteiger partial charge < -0.3 is 9.05 Å². The monoisotopic (exact) mass is 276 g/mol. The third kappa shape index (κ3) is 5.47. The Kier molecular flexibility index (Phi) is 9.25. The van der Waals surface area contributed by atoms with Crippen molar-refractivity contribution >= 4 is 13.4 Å². The van der Waals surface area contributed by atoms with Crippen LogP contribution in [0.2, 0.25) is 0 Å². The summed E-state index contributed by atoms with van der Waals surface area (Å²) >= 11 is 0. The minimum Gasteiger partial charge on any atom is -0.305 e. The van der Waals surface area contributed by atoms with E-state index in [0.717, 1.165) is 19.3 Å². The molecule has 0 heterocycles. The predicted octanol–water partition coefficient (Wildman–Crippen LogP) is 4.31. The molecule has 0 aromatic carbocycles. The Labute approximate surface area is 110 Å². The number of hydrogen-bond donors (Lipinski definition) is 0. The maximum Gasteiger partial charge on any atom is 0.364 e. The van der Waals surface area contributed by atoms with E-state index in [1.165, 1.54) is 0 Å². The van der Waals surface area contributed by atoms with Gasteiger partial charge >= 0.3 is 7.60 Å². The summed E-state index contributed by atoms with van der Waals surface area (Å²) in [6.07, 6.45) is 4.81. The standard InChI is InChI=1S/C13H25O4P/c1-5-9-10-11-12(14)13(6-2)18(15,16-7-3)17-8-4/h6H,5,7-11H2,1-4H3/b13-6-. The van der Waals surface area contributed by atoms with Gasteiger partial charge in [0.25, 0.3) is 0 Å². The fourth-order valence-corrected chi connectivity index (χ4v) is 3.42. The van der Waals surface area contributed by atoms with Crippen LogP contribution in [0.15, 0.2) is 11.4 Å². The molecule has 106 valence electrons. The van der Waals surface area contributed by atoms with Gasteiger partial charge in [0, 0.05) is 6.42 Å². The van der Waals surface area contributed by atoms with Crippen molar-refractivity contribution in [3.05, 3.63) is 11.4 Å². The van der Waals surface area contributed by atoms with E-state index in [4.69, 9.17) is 9.05 Å². The summed E-state index contributed by atoms with van der Waals surface area (Å²) in [5.74, 6) is -0.129. The van der Waals surface area contributed by atoms with Crippen LogP contribution in [-0.2, 0) is 18.4 Å². The number of Topliss-reactive ketones (excluding diaryl/α,β-unsaturated/α-hetero) is 1. The van der Waals surface area contributed by atoms with E-state index >= 15 is 0 Å². The molecular weight excluding hydrogens is 251 g/mol. The minimum atomic E-state index is -3.42. The van der Waals surface area contributed by atoms with Gasteiger partial charge in [-0.15, -0.1) is 0 Å². The highest BCUT2D eigenvalue weighted by molar-refractivity contribution is 7.60. The minimum absolute atomic E-state index is 0.129. The largest absolute Gasteiger partial charge is 0.364 e. The molecule has 0 amide bonds. The number of carbonyl (C=O) groups excluding carboxylic acids is 1. The summed E-state index contributed by atoms with van der Waals surface area (Å²) < 4.78 is 22.9. The topological polar surface area (TPSA) is 52.6 Å². The normalized spacial score (nSPS) is 12.8. The lowest BCUT2D eigenvalue weighted by Gasteiger charge is -2.19. The van der Waals surface area contributed by atoms with Gasteiger partial charge in [-0.1, -0.05) is 25.8 Å². The number of carbonyl (C=O) groups is 1. The van der Waals surface area contributed by atoms with Crippen LogP contribution in [0.4, 0.5) is 0 Å². The molecule has 0 unspecified atom stereocenters. The Bertz CT molecular complexity index is 313. The van der Waals surface area contributed by atoms with Crippen LogP contribution in [0.1, 0.15) is 53.4 Å². The van der Waals surface area contributed by atoms with Crippen molar-refractivity contribution in [3.63, 3.8) is 0 Å². The number of allylic oxidation sites excluding steroid dienone is 2. The Balaban J connectivity index is 4.81. The molecule has 0 N–H and O–H groups in total. The van der Waals surface area contributed by atoms with Crippen LogP contribution in [0.5, 0.6) is 0 Å². The molecule has 0 rings (SSSR count). The van der Waals surface area contributed by atoms with Crippen molar-refractivity contribution in [2.24, 2.45) is 0 Å². The van der Waals surface area contributed by atoms with Gasteiger partial charge in [0.05, 0.1) is 13.2 Å². The lowest BCUT2D eigenvalue weighted by Crippen LogP contribution is -2.08. The first kappa shape index (κ1) is 17.6. The van der Waals surface area contributed by atoms with Crippen LogP contribution >= 0.6 is 7.60 Å². The van der Waals surface area contributed by atoms with E-state index < -0.39 is 7.60 Å². The first-order valence-corrected chi connectivity index (χ1v) is 8.19. The van der Waals surface area contributed by atoms with Gasteiger partial charge in [0.15, 0.2) is 5.78 Å². The molecule has 0 aliphatic rings. The van der Waals surface area contributed by atoms with Gasteiger partial charge in [-0.2, -0.15) is 0 Å². The third-order valence-electron chi connectivity index (χ3n) is 2.46. The van der Waals surface area contributed by atoms with Crippen molar-refractivity contribution < 1.29 is 18.4 Å². The molecule has 5 heteroatoms. The zero-order chi connectivity index (χ0) is 14.0. The van der Waals surface area contributed by atoms with Crippen LogP contribution in [0, 0.1) is 0 Å². The quantitative estimate of drug-likeness (QED) is 0.339. The second-order valence-corrected chi connectivity index (χ2v) is 5.88. The Morgan fingerprint density at radius 1 is 1.11 bits per heavy atom. The first-order chi connectivity index (χ1) is 8.55. The Morgan fingerprint density at radius 2 is 1.67 bits per heavy atom. The molecular formula is C13H25O4P. The predicted molar refractivity (Wildman–Crippen MR) is 73.8 cm³/mol. The summed E-state index contributed by atoms with van der Waals surface area (Å²) in [7, 11) is -3.42. The SMILES string of the molecule is C/C=C(/C(=O)CCCCC)P(=O)(OCC)OCC. The van der Waals surface area contributed by atoms with Crippen LogP contribution in [0.3, 0.4) is 0 Å². The zero-order valence-corrected chi connectivity index (χ0v) is 12.8. The van der Waals surface area contributed by atoms with E-state index in [1.807, 2.05) is 0 Å². The molecule has 0 aliphatic carbocycles. The molecule has 0 saturated heterocycles. The van der Waals surface area contributed by atoms with Crippen LogP contribution < -0.4 is 0 Å². The summed E-state index contributed by atoms with van der Waals surface area (Å²) in [5, 5.41) is 0.197. The summed E-state index contributed by atoms with van der Waals surface area (Å²) in [6, 6.07) is 0. The second-order valence-electron chi connectivity index (χ2n) is 3.89. The number of ketones is 1. The van der Waals surface area contributed by atoms with Gasteiger partial charge in [-0.05, 0) is 27.2 Å². The summed E-state index contributed by atoms with van der Waals surface area (Å²) in [5.41, 5.74) is 0. The van der Waals surface area contributed by atoms with Crippen LogP contribution in [0.25, 0.3) is 0 Å². The average molecular weight is 276 g/mol. The van der Waals surface area contributed by atoms with E-state index in [1.54, 1.807) is 26.8 Å². The summed E-state index contributed by atoms with van der Waals surface area (Å²) in [6.45, 7) is 7.76. The Hall–Kier alpha value is -0.440. The van der Waals surface area contributed by atoms with Gasteiger partial charge in [-0.25, -0.2) is 0 Å². The van der Waals surface area contributed by atoms with Gasteiger partial charge in [0.1, 0.15) is 5.31 Å². The number of hydrogen-bond acceptors (Lipinski definition) is 4. The molecule has 4 nitrogen and oxygen atoms in total. The number of unbranched alkanes of at least 4 members (excludes halogenated alkanes) is 2. The van der Waals surface area contributed by atoms with E-state index in [-0.39, 0.29) is 24.3 Å². The van der Waals surface area contributed by atoms with Gasteiger partial charge in [-0.3, -0.25) is 9.36 Å². The zero-order valence-electron chi connectivity index (χ0n) is 11.9. The van der Waals surface area contributed by atoms with E-state index in [2.05, 4.69) is 6.92 Å². The average Bonchev–Trinajstić information content (AvgIpc) is 2.30. The van der Waals surface area contributed by atoms with Gasteiger partial charge in [0.2, 0.25) is 0 Å². The Morgan fingerprint density at radius 3 is 2.06 bits per heavy atom. The molecule has 0 saturated carbocycles. The molecule has 0 aromatic heterocycles. The summed E-state index contributed by atoms with van der Waals surface area (Å²) in [4.78, 5) is 12.0. The molecule has 0 bridgehead atoms. The third-order valence-corrected chi connectivity index (χ3v) is 4.75. The highest BCUT2D eigenvalue weighted by Crippen LogP contribution is 2.56. The lowest BCUT2D eigenvalue weighted by molar-refractivity contribution is -0.115. The fraction of sp³-hybridized carbons (Fsp3) is 0.769. The van der Waals surface area contributed by atoms with Crippen molar-refractivity contribution in [1.29, 1.82) is 0 Å². The molecule has 0 aliphatic heterocycles. The van der Waals surface area contributed by atoms with Crippen molar-refractivity contribution in [2.45, 2.75) is 53.4 Å².